The van der Waals surface area contributed by atoms with Crippen molar-refractivity contribution in [2.45, 2.75) is 56.6 Å². The Morgan fingerprint density at radius 2 is 1.94 bits per heavy atom. The third-order valence-electron chi connectivity index (χ3n) is 4.26. The lowest BCUT2D eigenvalue weighted by Crippen LogP contribution is -2.59. The molecule has 2 saturated carbocycles. The van der Waals surface area contributed by atoms with Gasteiger partial charge in [-0.2, -0.15) is 0 Å². The number of hydrogen-bond donors (Lipinski definition) is 2. The molecular formula is C13H24N2O2. The quantitative estimate of drug-likeness (QED) is 0.733. The summed E-state index contributed by atoms with van der Waals surface area (Å²) in [6.07, 6.45) is 8.56. The molecule has 2 fully saturated rings. The fourth-order valence-corrected chi connectivity index (χ4v) is 2.85. The number of rotatable bonds is 6. The molecule has 0 spiro atoms. The van der Waals surface area contributed by atoms with E-state index in [1.807, 2.05) is 7.05 Å². The molecule has 0 radical (unpaired) electrons. The Morgan fingerprint density at radius 1 is 1.29 bits per heavy atom. The van der Waals surface area contributed by atoms with Crippen molar-refractivity contribution in [3.63, 3.8) is 0 Å². The number of hydrogen-bond acceptors (Lipinski definition) is 3. The second kappa shape index (κ2) is 5.36. The van der Waals surface area contributed by atoms with Gasteiger partial charge >= 0.3 is 0 Å². The van der Waals surface area contributed by atoms with Crippen LogP contribution >= 0.6 is 0 Å². The molecule has 4 nitrogen and oxygen atoms in total. The van der Waals surface area contributed by atoms with Crippen molar-refractivity contribution in [2.75, 3.05) is 13.7 Å². The van der Waals surface area contributed by atoms with E-state index in [-0.39, 0.29) is 5.91 Å². The van der Waals surface area contributed by atoms with Crippen molar-refractivity contribution < 1.29 is 9.53 Å². The Labute approximate surface area is 103 Å². The van der Waals surface area contributed by atoms with Crippen LogP contribution in [0.4, 0.5) is 0 Å². The van der Waals surface area contributed by atoms with E-state index in [1.165, 1.54) is 19.3 Å². The molecule has 2 rings (SSSR count). The van der Waals surface area contributed by atoms with Gasteiger partial charge in [0.15, 0.2) is 0 Å². The van der Waals surface area contributed by atoms with Crippen LogP contribution in [0.3, 0.4) is 0 Å². The van der Waals surface area contributed by atoms with Gasteiger partial charge in [-0.15, -0.1) is 0 Å². The molecule has 0 aromatic heterocycles. The van der Waals surface area contributed by atoms with Gasteiger partial charge in [0, 0.05) is 0 Å². The standard InChI is InChI=1S/C13H24N2O2/c1-15-13(12(14)16,10-7-8-10)9-17-11-5-3-2-4-6-11/h10-11,15H,2-9H2,1H3,(H2,14,16). The summed E-state index contributed by atoms with van der Waals surface area (Å²) in [5.74, 6) is 0.104. The van der Waals surface area contributed by atoms with E-state index in [0.717, 1.165) is 25.7 Å². The first kappa shape index (κ1) is 12.8. The van der Waals surface area contributed by atoms with E-state index in [0.29, 0.717) is 18.6 Å². The summed E-state index contributed by atoms with van der Waals surface area (Å²) < 4.78 is 5.94. The summed E-state index contributed by atoms with van der Waals surface area (Å²) in [5.41, 5.74) is 4.93. The van der Waals surface area contributed by atoms with Crippen LogP contribution in [-0.4, -0.2) is 31.2 Å². The minimum absolute atomic E-state index is 0.265. The smallest absolute Gasteiger partial charge is 0.240 e. The molecule has 0 bridgehead atoms. The van der Waals surface area contributed by atoms with Gasteiger partial charge in [0.05, 0.1) is 12.7 Å². The van der Waals surface area contributed by atoms with Crippen LogP contribution in [0.25, 0.3) is 0 Å². The monoisotopic (exact) mass is 240 g/mol. The maximum absolute atomic E-state index is 11.7. The summed E-state index contributed by atoms with van der Waals surface area (Å²) in [5, 5.41) is 3.12. The second-order valence-electron chi connectivity index (χ2n) is 5.43. The van der Waals surface area contributed by atoms with Crippen LogP contribution < -0.4 is 11.1 Å². The Kier molecular flexibility index (Phi) is 4.05. The Balaban J connectivity index is 1.90. The number of carbonyl (C=O) groups excluding carboxylic acids is 1. The maximum atomic E-state index is 11.7. The molecule has 0 aromatic carbocycles. The zero-order valence-corrected chi connectivity index (χ0v) is 10.7. The topological polar surface area (TPSA) is 64.3 Å². The lowest BCUT2D eigenvalue weighted by molar-refractivity contribution is -0.129. The normalized spacial score (nSPS) is 25.5. The van der Waals surface area contributed by atoms with Gasteiger partial charge in [-0.05, 0) is 38.6 Å². The van der Waals surface area contributed by atoms with Gasteiger partial charge < -0.3 is 15.8 Å². The number of amides is 1. The molecule has 0 saturated heterocycles. The first-order chi connectivity index (χ1) is 8.19. The first-order valence-electron chi connectivity index (χ1n) is 6.79. The SMILES string of the molecule is CNC(COC1CCCCC1)(C(N)=O)C1CC1. The molecule has 2 aliphatic rings. The molecule has 0 heterocycles. The van der Waals surface area contributed by atoms with Gasteiger partial charge in [0.25, 0.3) is 0 Å². The highest BCUT2D eigenvalue weighted by Crippen LogP contribution is 2.40. The highest BCUT2D eigenvalue weighted by Gasteiger charge is 2.49. The number of nitrogens with two attached hydrogens (primary N) is 1. The van der Waals surface area contributed by atoms with Crippen LogP contribution in [-0.2, 0) is 9.53 Å². The zero-order chi connectivity index (χ0) is 12.3. The predicted octanol–water partition coefficient (Wildman–Crippen LogP) is 1.19. The van der Waals surface area contributed by atoms with E-state index in [2.05, 4.69) is 5.32 Å². The minimum Gasteiger partial charge on any atom is -0.376 e. The van der Waals surface area contributed by atoms with Gasteiger partial charge in [-0.3, -0.25) is 4.79 Å². The van der Waals surface area contributed by atoms with Gasteiger partial charge in [-0.25, -0.2) is 0 Å². The summed E-state index contributed by atoms with van der Waals surface area (Å²) in [6, 6.07) is 0. The third kappa shape index (κ3) is 2.80. The first-order valence-corrected chi connectivity index (χ1v) is 6.79. The molecular weight excluding hydrogens is 216 g/mol. The highest BCUT2D eigenvalue weighted by molar-refractivity contribution is 5.85. The molecule has 4 heteroatoms. The van der Waals surface area contributed by atoms with Crippen molar-refractivity contribution in [3.05, 3.63) is 0 Å². The van der Waals surface area contributed by atoms with Crippen LogP contribution in [0.5, 0.6) is 0 Å². The second-order valence-corrected chi connectivity index (χ2v) is 5.43. The number of carbonyl (C=O) groups is 1. The van der Waals surface area contributed by atoms with Gasteiger partial charge in [-0.1, -0.05) is 19.3 Å². The van der Waals surface area contributed by atoms with Gasteiger partial charge in [0.2, 0.25) is 5.91 Å². The predicted molar refractivity (Wildman–Crippen MR) is 66.5 cm³/mol. The summed E-state index contributed by atoms with van der Waals surface area (Å²) >= 11 is 0. The third-order valence-corrected chi connectivity index (χ3v) is 4.26. The molecule has 0 aliphatic heterocycles. The highest BCUT2D eigenvalue weighted by atomic mass is 16.5. The minimum atomic E-state index is -0.628. The summed E-state index contributed by atoms with van der Waals surface area (Å²) in [7, 11) is 1.81. The van der Waals surface area contributed by atoms with Crippen LogP contribution in [0.1, 0.15) is 44.9 Å². The van der Waals surface area contributed by atoms with E-state index in [1.54, 1.807) is 0 Å². The van der Waals surface area contributed by atoms with Crippen LogP contribution in [0.2, 0.25) is 0 Å². The molecule has 2 aliphatic carbocycles. The molecule has 1 unspecified atom stereocenters. The lowest BCUT2D eigenvalue weighted by atomic mass is 9.92. The number of ether oxygens (including phenoxy) is 1. The van der Waals surface area contributed by atoms with E-state index < -0.39 is 5.54 Å². The average Bonchev–Trinajstić information content (AvgIpc) is 3.16. The Hall–Kier alpha value is -0.610. The summed E-state index contributed by atoms with van der Waals surface area (Å²) in [4.78, 5) is 11.7. The van der Waals surface area contributed by atoms with E-state index >= 15 is 0 Å². The Morgan fingerprint density at radius 3 is 2.41 bits per heavy atom. The Bertz CT molecular complexity index is 273. The van der Waals surface area contributed by atoms with Crippen LogP contribution in [0.15, 0.2) is 0 Å². The molecule has 0 aromatic rings. The molecule has 1 atom stereocenters. The van der Waals surface area contributed by atoms with Crippen molar-refractivity contribution >= 4 is 5.91 Å². The summed E-state index contributed by atoms with van der Waals surface area (Å²) in [6.45, 7) is 0.439. The van der Waals surface area contributed by atoms with E-state index in [4.69, 9.17) is 10.5 Å². The number of nitrogens with one attached hydrogen (secondary N) is 1. The van der Waals surface area contributed by atoms with Crippen molar-refractivity contribution in [1.82, 2.24) is 5.32 Å². The van der Waals surface area contributed by atoms with Gasteiger partial charge in [0.1, 0.15) is 5.54 Å². The van der Waals surface area contributed by atoms with Crippen molar-refractivity contribution in [2.24, 2.45) is 11.7 Å². The fourth-order valence-electron chi connectivity index (χ4n) is 2.85. The van der Waals surface area contributed by atoms with Crippen molar-refractivity contribution in [3.8, 4) is 0 Å². The number of likely N-dealkylation sites (N-methyl/N-ethyl adjacent to an activating group) is 1. The van der Waals surface area contributed by atoms with Crippen molar-refractivity contribution in [1.29, 1.82) is 0 Å². The van der Waals surface area contributed by atoms with Crippen LogP contribution in [0, 0.1) is 5.92 Å². The maximum Gasteiger partial charge on any atom is 0.240 e. The number of primary amides is 1. The fraction of sp³-hybridized carbons (Fsp3) is 0.923. The average molecular weight is 240 g/mol. The molecule has 1 amide bonds. The van der Waals surface area contributed by atoms with E-state index in [9.17, 15) is 4.79 Å². The molecule has 17 heavy (non-hydrogen) atoms. The molecule has 3 N–H and O–H groups in total. The zero-order valence-electron chi connectivity index (χ0n) is 10.7. The lowest BCUT2D eigenvalue weighted by Gasteiger charge is -2.33. The largest absolute Gasteiger partial charge is 0.376 e. The molecule has 98 valence electrons.